The number of aromatic nitrogens is 1. The number of ether oxygens (including phenoxy) is 4. The zero-order chi connectivity index (χ0) is 47.0. The maximum atomic E-state index is 13.0. The number of fused-ring (bicyclic) bond motifs is 2. The minimum absolute atomic E-state index is 0.0188. The van der Waals surface area contributed by atoms with Crippen LogP contribution in [0.1, 0.15) is 57.9 Å². The van der Waals surface area contributed by atoms with E-state index in [1.165, 1.54) is 4.90 Å². The van der Waals surface area contributed by atoms with Gasteiger partial charge < -0.3 is 49.9 Å². The van der Waals surface area contributed by atoms with Crippen molar-refractivity contribution in [3.05, 3.63) is 124 Å². The number of aromatic hydroxyl groups is 1. The third-order valence-corrected chi connectivity index (χ3v) is 10.9. The highest BCUT2D eigenvalue weighted by Gasteiger charge is 2.40. The van der Waals surface area contributed by atoms with E-state index in [9.17, 15) is 29.1 Å². The Balaban J connectivity index is 0.748. The van der Waals surface area contributed by atoms with Crippen LogP contribution in [0.3, 0.4) is 0 Å². The molecule has 1 unspecified atom stereocenters. The summed E-state index contributed by atoms with van der Waals surface area (Å²) >= 11 is 0. The largest absolute Gasteiger partial charge is 0.494 e. The van der Waals surface area contributed by atoms with E-state index in [1.54, 1.807) is 24.3 Å². The third kappa shape index (κ3) is 13.0. The topological polar surface area (TPSA) is 222 Å². The van der Waals surface area contributed by atoms with E-state index in [2.05, 4.69) is 38.1 Å². The molecule has 4 aromatic carbocycles. The third-order valence-electron chi connectivity index (χ3n) is 10.9. The Morgan fingerprint density at radius 3 is 2.33 bits per heavy atom. The molecule has 2 aliphatic heterocycles. The zero-order valence-electron chi connectivity index (χ0n) is 37.2. The second-order valence-corrected chi connectivity index (χ2v) is 15.6. The summed E-state index contributed by atoms with van der Waals surface area (Å²) in [5.74, 6) is 3.53. The molecule has 17 nitrogen and oxygen atoms in total. The Bertz CT molecular complexity index is 2650. The fourth-order valence-electron chi connectivity index (χ4n) is 7.60. The van der Waals surface area contributed by atoms with Crippen molar-refractivity contribution in [2.75, 3.05) is 71.3 Å². The molecule has 5 aromatic rings. The lowest BCUT2D eigenvalue weighted by Crippen LogP contribution is -2.52. The van der Waals surface area contributed by atoms with Gasteiger partial charge in [-0.05, 0) is 55.3 Å². The summed E-state index contributed by atoms with van der Waals surface area (Å²) in [6, 6.07) is 27.3. The molecule has 348 valence electrons. The molecule has 0 aliphatic carbocycles. The fraction of sp³-hybridized carbons (Fsp3) is 0.320. The lowest BCUT2D eigenvalue weighted by Gasteiger charge is -2.29. The number of nitrogens with one attached hydrogen (secondary N) is 5. The molecule has 0 saturated carbocycles. The monoisotopic (exact) mass is 911 g/mol. The number of aromatic amines is 1. The molecule has 67 heavy (non-hydrogen) atoms. The molecular formula is C50H53N7O10. The number of H-pyrrole nitrogens is 1. The van der Waals surface area contributed by atoms with Crippen molar-refractivity contribution in [3.63, 3.8) is 0 Å². The smallest absolute Gasteiger partial charge is 0.296 e. The Kier molecular flexibility index (Phi) is 17.0. The van der Waals surface area contributed by atoms with Gasteiger partial charge >= 0.3 is 0 Å². The number of anilines is 1. The van der Waals surface area contributed by atoms with Crippen LogP contribution in [-0.4, -0.2) is 122 Å². The predicted octanol–water partition coefficient (Wildman–Crippen LogP) is 4.09. The Hall–Kier alpha value is -7.20. The average Bonchev–Trinajstić information content (AvgIpc) is 3.84. The predicted molar refractivity (Wildman–Crippen MR) is 250 cm³/mol. The van der Waals surface area contributed by atoms with E-state index in [1.807, 2.05) is 73.7 Å². The first-order valence-corrected chi connectivity index (χ1v) is 22.1. The summed E-state index contributed by atoms with van der Waals surface area (Å²) < 4.78 is 22.3. The normalized spacial score (nSPS) is 14.7. The lowest BCUT2D eigenvalue weighted by molar-refractivity contribution is -0.137. The molecule has 17 heteroatoms. The first-order valence-electron chi connectivity index (χ1n) is 22.1. The lowest BCUT2D eigenvalue weighted by atomic mass is 10.00. The number of imide groups is 1. The molecule has 1 atom stereocenters. The van der Waals surface area contributed by atoms with Crippen molar-refractivity contribution >= 4 is 57.5 Å². The van der Waals surface area contributed by atoms with Crippen LogP contribution in [0, 0.1) is 11.8 Å². The highest BCUT2D eigenvalue weighted by atomic mass is 16.6. The van der Waals surface area contributed by atoms with Crippen LogP contribution in [0.25, 0.3) is 10.9 Å². The SMILES string of the molecule is CCNC(=O)C#Cc1ccc2c(C(=Nc3ccc(CNCCOCCOCCOCCOCC(=O)Nc4cccc5c4CN(C4CCC(=O)NC4=O)C5=O)cc3)c3ccccc3)c(O)[nH]c2c1. The molecule has 0 radical (unpaired) electrons. The van der Waals surface area contributed by atoms with Crippen LogP contribution in [0.15, 0.2) is 96.0 Å². The van der Waals surface area contributed by atoms with Crippen molar-refractivity contribution in [2.45, 2.75) is 38.9 Å². The van der Waals surface area contributed by atoms with Gasteiger partial charge in [-0.25, -0.2) is 4.99 Å². The number of aliphatic imine (C=N–C) groups is 1. The number of carbonyl (C=O) groups is 5. The number of nitrogens with zero attached hydrogens (tertiary/aromatic N) is 2. The molecule has 6 N–H and O–H groups in total. The number of benzene rings is 4. The summed E-state index contributed by atoms with van der Waals surface area (Å²) in [7, 11) is 0. The maximum absolute atomic E-state index is 13.0. The van der Waals surface area contributed by atoms with Gasteiger partial charge in [-0.1, -0.05) is 60.5 Å². The van der Waals surface area contributed by atoms with Crippen molar-refractivity contribution in [3.8, 4) is 17.7 Å². The molecule has 1 saturated heterocycles. The Labute approximate surface area is 387 Å². The van der Waals surface area contributed by atoms with Crippen molar-refractivity contribution < 1.29 is 48.0 Å². The van der Waals surface area contributed by atoms with Gasteiger partial charge in [-0.2, -0.15) is 0 Å². The quantitative estimate of drug-likeness (QED) is 0.0251. The molecule has 5 amide bonds. The second kappa shape index (κ2) is 23.8. The van der Waals surface area contributed by atoms with E-state index in [4.69, 9.17) is 23.9 Å². The fourth-order valence-corrected chi connectivity index (χ4v) is 7.60. The molecule has 0 bridgehead atoms. The van der Waals surface area contributed by atoms with Gasteiger partial charge in [0.05, 0.1) is 68.7 Å². The van der Waals surface area contributed by atoms with Crippen LogP contribution in [0.2, 0.25) is 0 Å². The molecular weight excluding hydrogens is 859 g/mol. The van der Waals surface area contributed by atoms with Gasteiger partial charge in [0.2, 0.25) is 17.7 Å². The van der Waals surface area contributed by atoms with E-state index >= 15 is 0 Å². The molecule has 0 spiro atoms. The summed E-state index contributed by atoms with van der Waals surface area (Å²) in [6.07, 6.45) is 0.416. The Morgan fingerprint density at radius 1 is 0.866 bits per heavy atom. The summed E-state index contributed by atoms with van der Waals surface area (Å²) in [5.41, 5.74) is 6.60. The highest BCUT2D eigenvalue weighted by molar-refractivity contribution is 6.22. The van der Waals surface area contributed by atoms with Crippen LogP contribution in [0.4, 0.5) is 11.4 Å². The Morgan fingerprint density at radius 2 is 1.60 bits per heavy atom. The molecule has 7 rings (SSSR count). The standard InChI is InChI=1S/C50H53N7O10/c1-2-52-43(58)19-14-33-13-17-38-41(29-33)55-49(62)46(38)47(35-7-4-3-5-8-35)53-36-15-11-34(12-16-36)30-51-21-22-64-23-24-65-25-26-66-27-28-67-32-45(60)54-40-10-6-9-37-39(40)31-57(50(37)63)42-18-20-44(59)56-48(42)61/h3-13,15-17,29,42,51,55,62H,2,18,20-28,30-32H2,1H3,(H,52,58)(H,54,60)(H,56,59,61). The minimum Gasteiger partial charge on any atom is -0.494 e. The van der Waals surface area contributed by atoms with Gasteiger partial charge in [0.15, 0.2) is 5.88 Å². The van der Waals surface area contributed by atoms with Crippen molar-refractivity contribution in [1.82, 2.24) is 25.8 Å². The second-order valence-electron chi connectivity index (χ2n) is 15.6. The van der Waals surface area contributed by atoms with E-state index < -0.39 is 17.9 Å². The summed E-state index contributed by atoms with van der Waals surface area (Å²) in [5, 5.41) is 23.0. The molecule has 1 fully saturated rings. The first kappa shape index (κ1) is 47.8. The molecule has 2 aliphatic rings. The zero-order valence-corrected chi connectivity index (χ0v) is 37.2. The van der Waals surface area contributed by atoms with Crippen LogP contribution in [-0.2, 0) is 51.2 Å². The van der Waals surface area contributed by atoms with Gasteiger partial charge in [-0.15, -0.1) is 0 Å². The number of hydrogen-bond acceptors (Lipinski definition) is 12. The van der Waals surface area contributed by atoms with E-state index in [0.717, 1.165) is 22.2 Å². The highest BCUT2D eigenvalue weighted by Crippen LogP contribution is 2.34. The van der Waals surface area contributed by atoms with Gasteiger partial charge in [0.1, 0.15) is 12.6 Å². The average molecular weight is 912 g/mol. The van der Waals surface area contributed by atoms with Gasteiger partial charge in [-0.3, -0.25) is 29.3 Å². The minimum atomic E-state index is -0.740. The maximum Gasteiger partial charge on any atom is 0.296 e. The van der Waals surface area contributed by atoms with Crippen molar-refractivity contribution in [2.24, 2.45) is 4.99 Å². The molecule has 1 aromatic heterocycles. The number of rotatable bonds is 22. The number of hydrogen-bond donors (Lipinski definition) is 6. The van der Waals surface area contributed by atoms with Crippen LogP contribution in [0.5, 0.6) is 5.88 Å². The van der Waals surface area contributed by atoms with Crippen molar-refractivity contribution in [1.29, 1.82) is 0 Å². The van der Waals surface area contributed by atoms with E-state index in [0.29, 0.717) is 91.8 Å². The molecule has 3 heterocycles. The number of amides is 5. The number of carbonyl (C=O) groups excluding carboxylic acids is 5. The number of piperidine rings is 1. The summed E-state index contributed by atoms with van der Waals surface area (Å²) in [4.78, 5) is 70.9. The van der Waals surface area contributed by atoms with Crippen LogP contribution < -0.4 is 21.3 Å². The van der Waals surface area contributed by atoms with Gasteiger partial charge in [0, 0.05) is 71.8 Å². The first-order chi connectivity index (χ1) is 32.7. The van der Waals surface area contributed by atoms with Gasteiger partial charge in [0.25, 0.3) is 11.8 Å². The summed E-state index contributed by atoms with van der Waals surface area (Å²) in [6.45, 7) is 6.12. The van der Waals surface area contributed by atoms with E-state index in [-0.39, 0.29) is 62.8 Å². The van der Waals surface area contributed by atoms with Crippen LogP contribution >= 0.6 is 0 Å².